The SMILES string of the molecule is CC(C)N(C)C(=O)[C@H]1CCc2c(sc3ncnc(Nc4ccn5nccc5c4)c23)C1.O=C(O)[C@H]1CCc2c(sc3ncnc(Nc4ccn5nccc5c4)c23)C1. The standard InChI is InChI=1S/C22H24N6OS.C18H15N5O2S/c1-13(2)27(3)22(29)14-4-5-17-18(10-14)30-21-19(17)20(23-12-24-21)26-15-7-9-28-16(11-15)6-8-25-28;24-18(25)10-1-2-13-14(7-10)26-17-15(13)16(19-9-20-17)22-11-4-6-23-12(8-11)3-5-21-23/h6-9,11-14H,4-5,10H2,1-3H3,(H,23,24,26);3-6,8-10H,1-2,7H2,(H,24,25)(H,19,20,22)/t14-;10-/m00/s1. The minimum Gasteiger partial charge on any atom is -0.481 e. The van der Waals surface area contributed by atoms with Crippen LogP contribution < -0.4 is 10.6 Å². The van der Waals surface area contributed by atoms with Crippen LogP contribution in [-0.4, -0.2) is 74.1 Å². The summed E-state index contributed by atoms with van der Waals surface area (Å²) in [4.78, 5) is 48.2. The maximum Gasteiger partial charge on any atom is 0.306 e. The van der Waals surface area contributed by atoms with Crippen molar-refractivity contribution >= 4 is 89.0 Å². The molecule has 0 radical (unpaired) electrons. The molecule has 14 nitrogen and oxygen atoms in total. The molecule has 16 heteroatoms. The number of rotatable bonds is 7. The van der Waals surface area contributed by atoms with E-state index in [1.165, 1.54) is 16.0 Å². The van der Waals surface area contributed by atoms with Crippen molar-refractivity contribution in [3.8, 4) is 0 Å². The zero-order valence-electron chi connectivity index (χ0n) is 31.0. The van der Waals surface area contributed by atoms with E-state index < -0.39 is 5.97 Å². The Morgan fingerprint density at radius 2 is 1.27 bits per heavy atom. The van der Waals surface area contributed by atoms with E-state index in [1.807, 2.05) is 59.2 Å². The summed E-state index contributed by atoms with van der Waals surface area (Å²) in [5, 5.41) is 26.7. The van der Waals surface area contributed by atoms with E-state index in [2.05, 4.69) is 60.7 Å². The summed E-state index contributed by atoms with van der Waals surface area (Å²) in [5.41, 5.74) is 6.39. The van der Waals surface area contributed by atoms with Gasteiger partial charge in [0.05, 0.1) is 27.7 Å². The van der Waals surface area contributed by atoms with Crippen LogP contribution in [0, 0.1) is 11.8 Å². The fourth-order valence-corrected chi connectivity index (χ4v) is 10.2. The fourth-order valence-electron chi connectivity index (χ4n) is 7.65. The number of anilines is 4. The first-order valence-corrected chi connectivity index (χ1v) is 20.2. The summed E-state index contributed by atoms with van der Waals surface area (Å²) in [6.07, 6.45) is 15.0. The Balaban J connectivity index is 0.000000148. The molecule has 0 aromatic carbocycles. The first-order valence-electron chi connectivity index (χ1n) is 18.6. The van der Waals surface area contributed by atoms with Gasteiger partial charge in [-0.25, -0.2) is 29.0 Å². The lowest BCUT2D eigenvalue weighted by molar-refractivity contribution is -0.142. The monoisotopic (exact) mass is 785 g/mol. The van der Waals surface area contributed by atoms with Gasteiger partial charge in [0.15, 0.2) is 0 Å². The molecule has 284 valence electrons. The number of aliphatic carboxylic acids is 1. The largest absolute Gasteiger partial charge is 0.481 e. The fraction of sp³-hybridized carbons (Fsp3) is 0.300. The molecule has 1 amide bonds. The molecule has 8 heterocycles. The summed E-state index contributed by atoms with van der Waals surface area (Å²) in [6.45, 7) is 4.11. The van der Waals surface area contributed by atoms with Gasteiger partial charge >= 0.3 is 5.97 Å². The Kier molecular flexibility index (Phi) is 9.29. The van der Waals surface area contributed by atoms with Gasteiger partial charge in [0.2, 0.25) is 5.91 Å². The van der Waals surface area contributed by atoms with Crippen molar-refractivity contribution in [3.05, 3.63) is 94.7 Å². The number of amides is 1. The molecular formula is C40H39N11O3S2. The highest BCUT2D eigenvalue weighted by Crippen LogP contribution is 2.42. The van der Waals surface area contributed by atoms with E-state index in [0.29, 0.717) is 12.8 Å². The molecule has 2 aliphatic rings. The topological polar surface area (TPSA) is 168 Å². The van der Waals surface area contributed by atoms with Crippen LogP contribution in [0.1, 0.15) is 47.6 Å². The number of aromatic nitrogens is 8. The molecule has 0 unspecified atom stereocenters. The average Bonchev–Trinajstić information content (AvgIpc) is 4.01. The van der Waals surface area contributed by atoms with Gasteiger partial charge in [-0.15, -0.1) is 22.7 Å². The highest BCUT2D eigenvalue weighted by atomic mass is 32.1. The number of nitrogens with zero attached hydrogens (tertiary/aromatic N) is 9. The van der Waals surface area contributed by atoms with E-state index in [-0.39, 0.29) is 23.8 Å². The van der Waals surface area contributed by atoms with E-state index in [9.17, 15) is 14.7 Å². The number of carbonyl (C=O) groups excluding carboxylic acids is 1. The second-order valence-electron chi connectivity index (χ2n) is 14.6. The molecule has 0 saturated heterocycles. The van der Waals surface area contributed by atoms with Crippen LogP contribution in [0.15, 0.2) is 73.8 Å². The number of carbonyl (C=O) groups is 2. The number of carboxylic acid groups (broad SMARTS) is 1. The van der Waals surface area contributed by atoms with Crippen molar-refractivity contribution in [2.45, 2.75) is 58.4 Å². The smallest absolute Gasteiger partial charge is 0.306 e. The minimum atomic E-state index is -0.716. The molecule has 56 heavy (non-hydrogen) atoms. The third-order valence-electron chi connectivity index (χ3n) is 10.8. The average molecular weight is 786 g/mol. The summed E-state index contributed by atoms with van der Waals surface area (Å²) >= 11 is 3.27. The Morgan fingerprint density at radius 1 is 0.768 bits per heavy atom. The number of hydrogen-bond acceptors (Lipinski definition) is 12. The van der Waals surface area contributed by atoms with E-state index in [4.69, 9.17) is 0 Å². The number of nitrogens with one attached hydrogen (secondary N) is 2. The maximum atomic E-state index is 12.8. The highest BCUT2D eigenvalue weighted by molar-refractivity contribution is 7.19. The van der Waals surface area contributed by atoms with Gasteiger partial charge in [-0.05, 0) is 99.9 Å². The van der Waals surface area contributed by atoms with Gasteiger partial charge in [0, 0.05) is 64.9 Å². The zero-order valence-corrected chi connectivity index (χ0v) is 32.6. The molecule has 0 spiro atoms. The third-order valence-corrected chi connectivity index (χ3v) is 13.2. The number of hydrogen-bond donors (Lipinski definition) is 3. The van der Waals surface area contributed by atoms with Crippen molar-refractivity contribution in [3.63, 3.8) is 0 Å². The summed E-state index contributed by atoms with van der Waals surface area (Å²) < 4.78 is 3.64. The lowest BCUT2D eigenvalue weighted by atomic mass is 9.86. The van der Waals surface area contributed by atoms with Gasteiger partial charge in [0.25, 0.3) is 0 Å². The molecule has 10 rings (SSSR count). The van der Waals surface area contributed by atoms with Crippen molar-refractivity contribution in [2.24, 2.45) is 11.8 Å². The Labute approximate surface area is 329 Å². The zero-order chi connectivity index (χ0) is 38.5. The molecular weight excluding hydrogens is 747 g/mol. The molecule has 0 aliphatic heterocycles. The lowest BCUT2D eigenvalue weighted by Crippen LogP contribution is -2.39. The van der Waals surface area contributed by atoms with Gasteiger partial charge in [-0.3, -0.25) is 9.59 Å². The molecule has 8 aromatic heterocycles. The molecule has 2 aliphatic carbocycles. The predicted molar refractivity (Wildman–Crippen MR) is 218 cm³/mol. The van der Waals surface area contributed by atoms with Crippen LogP contribution >= 0.6 is 22.7 Å². The molecule has 3 N–H and O–H groups in total. The van der Waals surface area contributed by atoms with Crippen LogP contribution in [0.3, 0.4) is 0 Å². The van der Waals surface area contributed by atoms with Gasteiger partial charge in [-0.2, -0.15) is 10.2 Å². The summed E-state index contributed by atoms with van der Waals surface area (Å²) in [6, 6.07) is 12.1. The van der Waals surface area contributed by atoms with Crippen molar-refractivity contribution in [1.82, 2.24) is 44.1 Å². The molecule has 0 saturated carbocycles. The first kappa shape index (κ1) is 35.7. The van der Waals surface area contributed by atoms with Crippen LogP contribution in [-0.2, 0) is 35.3 Å². The van der Waals surface area contributed by atoms with Gasteiger partial charge < -0.3 is 20.6 Å². The molecule has 0 fully saturated rings. The highest BCUT2D eigenvalue weighted by Gasteiger charge is 2.32. The first-order chi connectivity index (χ1) is 27.2. The van der Waals surface area contributed by atoms with Crippen LogP contribution in [0.5, 0.6) is 0 Å². The quantitative estimate of drug-likeness (QED) is 0.148. The number of fused-ring (bicyclic) bond motifs is 8. The Morgan fingerprint density at radius 3 is 1.77 bits per heavy atom. The van der Waals surface area contributed by atoms with Crippen molar-refractivity contribution in [2.75, 3.05) is 17.7 Å². The second-order valence-corrected chi connectivity index (χ2v) is 16.7. The minimum absolute atomic E-state index is 0.0478. The third kappa shape index (κ3) is 6.68. The van der Waals surface area contributed by atoms with E-state index >= 15 is 0 Å². The van der Waals surface area contributed by atoms with Crippen molar-refractivity contribution in [1.29, 1.82) is 0 Å². The predicted octanol–water partition coefficient (Wildman–Crippen LogP) is 7.33. The van der Waals surface area contributed by atoms with Gasteiger partial charge in [-0.1, -0.05) is 0 Å². The van der Waals surface area contributed by atoms with E-state index in [1.54, 1.807) is 52.2 Å². The molecule has 2 atom stereocenters. The number of carboxylic acids is 1. The second kappa shape index (κ2) is 14.6. The normalized spacial score (nSPS) is 16.4. The molecule has 0 bridgehead atoms. The lowest BCUT2D eigenvalue weighted by Gasteiger charge is -2.29. The van der Waals surface area contributed by atoms with Crippen LogP contribution in [0.2, 0.25) is 0 Å². The van der Waals surface area contributed by atoms with Crippen LogP contribution in [0.25, 0.3) is 31.5 Å². The van der Waals surface area contributed by atoms with Crippen molar-refractivity contribution < 1.29 is 14.7 Å². The number of pyridine rings is 2. The maximum absolute atomic E-state index is 12.8. The van der Waals surface area contributed by atoms with E-state index in [0.717, 1.165) is 85.0 Å². The van der Waals surface area contributed by atoms with Crippen LogP contribution in [0.4, 0.5) is 23.0 Å². The van der Waals surface area contributed by atoms with Gasteiger partial charge in [0.1, 0.15) is 34.0 Å². The molecule has 8 aromatic rings. The Bertz CT molecular complexity index is 2770. The summed E-state index contributed by atoms with van der Waals surface area (Å²) in [5.74, 6) is 0.865. The number of aryl methyl sites for hydroxylation is 2. The Hall–Kier alpha value is -6.00. The number of thiophene rings is 2. The summed E-state index contributed by atoms with van der Waals surface area (Å²) in [7, 11) is 1.90.